The molecule has 0 atom stereocenters. The quantitative estimate of drug-likeness (QED) is 0.834. The van der Waals surface area contributed by atoms with E-state index in [4.69, 9.17) is 11.6 Å². The van der Waals surface area contributed by atoms with E-state index in [0.717, 1.165) is 11.6 Å². The average Bonchev–Trinajstić information content (AvgIpc) is 2.20. The molecule has 0 radical (unpaired) electrons. The Morgan fingerprint density at radius 2 is 2.12 bits per heavy atom. The molecule has 0 aliphatic heterocycles. The van der Waals surface area contributed by atoms with Gasteiger partial charge in [0.15, 0.2) is 0 Å². The fourth-order valence-electron chi connectivity index (χ4n) is 1.40. The lowest BCUT2D eigenvalue weighted by atomic mass is 10.1. The van der Waals surface area contributed by atoms with Crippen molar-refractivity contribution in [1.82, 2.24) is 9.97 Å². The Labute approximate surface area is 96.6 Å². The standard InChI is InChI=1S/C11H9ClN2O2/c12-8-4-2-1-3-7(8)5-9-13-10(15)6-11(16)14-9/h1-4,6H,5H2,(H2,13,14,15,16). The van der Waals surface area contributed by atoms with E-state index in [1.807, 2.05) is 18.2 Å². The van der Waals surface area contributed by atoms with E-state index in [1.165, 1.54) is 0 Å². The van der Waals surface area contributed by atoms with Crippen LogP contribution in [0.2, 0.25) is 5.02 Å². The zero-order chi connectivity index (χ0) is 11.5. The molecule has 2 N–H and O–H groups in total. The molecule has 16 heavy (non-hydrogen) atoms. The van der Waals surface area contributed by atoms with Crippen LogP contribution in [0.15, 0.2) is 35.1 Å². The van der Waals surface area contributed by atoms with Gasteiger partial charge in [0.2, 0.25) is 5.88 Å². The highest BCUT2D eigenvalue weighted by Gasteiger charge is 2.04. The maximum absolute atomic E-state index is 11.1. The molecule has 0 saturated heterocycles. The van der Waals surface area contributed by atoms with E-state index < -0.39 is 0 Å². The highest BCUT2D eigenvalue weighted by Crippen LogP contribution is 2.17. The number of aromatic amines is 1. The van der Waals surface area contributed by atoms with Crippen LogP contribution in [0.3, 0.4) is 0 Å². The zero-order valence-electron chi connectivity index (χ0n) is 8.27. The Bertz CT molecular complexity index is 566. The molecule has 5 heteroatoms. The van der Waals surface area contributed by atoms with Gasteiger partial charge in [-0.15, -0.1) is 0 Å². The van der Waals surface area contributed by atoms with Gasteiger partial charge in [-0.25, -0.2) is 0 Å². The second-order valence-corrected chi connectivity index (χ2v) is 3.73. The molecule has 0 unspecified atom stereocenters. The van der Waals surface area contributed by atoms with Crippen molar-refractivity contribution in [2.75, 3.05) is 0 Å². The normalized spacial score (nSPS) is 10.3. The first-order valence-corrected chi connectivity index (χ1v) is 5.05. The van der Waals surface area contributed by atoms with Gasteiger partial charge in [-0.1, -0.05) is 29.8 Å². The summed E-state index contributed by atoms with van der Waals surface area (Å²) in [5, 5.41) is 9.78. The molecule has 2 rings (SSSR count). The minimum absolute atomic E-state index is 0.286. The monoisotopic (exact) mass is 236 g/mol. The van der Waals surface area contributed by atoms with E-state index in [0.29, 0.717) is 17.3 Å². The lowest BCUT2D eigenvalue weighted by Crippen LogP contribution is -2.09. The maximum atomic E-state index is 11.1. The number of hydrogen-bond donors (Lipinski definition) is 2. The topological polar surface area (TPSA) is 66.0 Å². The summed E-state index contributed by atoms with van der Waals surface area (Å²) in [6.45, 7) is 0. The van der Waals surface area contributed by atoms with Crippen molar-refractivity contribution >= 4 is 11.6 Å². The van der Waals surface area contributed by atoms with Gasteiger partial charge in [0.25, 0.3) is 5.56 Å². The van der Waals surface area contributed by atoms with E-state index in [1.54, 1.807) is 6.07 Å². The van der Waals surface area contributed by atoms with Crippen molar-refractivity contribution in [3.05, 3.63) is 57.1 Å². The molecule has 4 nitrogen and oxygen atoms in total. The van der Waals surface area contributed by atoms with Crippen molar-refractivity contribution in [2.45, 2.75) is 6.42 Å². The van der Waals surface area contributed by atoms with Crippen LogP contribution in [0.1, 0.15) is 11.4 Å². The van der Waals surface area contributed by atoms with E-state index in [-0.39, 0.29) is 11.4 Å². The second-order valence-electron chi connectivity index (χ2n) is 3.32. The first kappa shape index (κ1) is 10.7. The number of H-pyrrole nitrogens is 1. The molecule has 0 fully saturated rings. The van der Waals surface area contributed by atoms with Gasteiger partial charge < -0.3 is 10.1 Å². The fraction of sp³-hybridized carbons (Fsp3) is 0.0909. The van der Waals surface area contributed by atoms with Gasteiger partial charge in [0.1, 0.15) is 5.82 Å². The number of rotatable bonds is 2. The molecule has 0 saturated carbocycles. The van der Waals surface area contributed by atoms with E-state index in [9.17, 15) is 9.90 Å². The summed E-state index contributed by atoms with van der Waals surface area (Å²) >= 11 is 5.97. The van der Waals surface area contributed by atoms with Crippen molar-refractivity contribution < 1.29 is 5.11 Å². The Morgan fingerprint density at radius 3 is 2.81 bits per heavy atom. The van der Waals surface area contributed by atoms with Crippen LogP contribution >= 0.6 is 11.6 Å². The Balaban J connectivity index is 2.34. The van der Waals surface area contributed by atoms with Gasteiger partial charge in [0, 0.05) is 11.4 Å². The van der Waals surface area contributed by atoms with Crippen LogP contribution in [0.25, 0.3) is 0 Å². The Hall–Kier alpha value is -1.81. The van der Waals surface area contributed by atoms with Crippen molar-refractivity contribution in [3.8, 4) is 5.88 Å². The molecule has 1 aromatic heterocycles. The van der Waals surface area contributed by atoms with E-state index in [2.05, 4.69) is 9.97 Å². The summed E-state index contributed by atoms with van der Waals surface area (Å²) in [5.74, 6) is 0.101. The molecular weight excluding hydrogens is 228 g/mol. The van der Waals surface area contributed by atoms with Crippen molar-refractivity contribution in [1.29, 1.82) is 0 Å². The van der Waals surface area contributed by atoms with Crippen LogP contribution < -0.4 is 5.56 Å². The number of nitrogens with one attached hydrogen (secondary N) is 1. The lowest BCUT2D eigenvalue weighted by molar-refractivity contribution is 0.448. The van der Waals surface area contributed by atoms with Crippen LogP contribution in [0.5, 0.6) is 5.88 Å². The summed E-state index contributed by atoms with van der Waals surface area (Å²) in [5.41, 5.74) is 0.465. The van der Waals surface area contributed by atoms with Gasteiger partial charge in [0.05, 0.1) is 6.07 Å². The lowest BCUT2D eigenvalue weighted by Gasteiger charge is -2.03. The number of hydrogen-bond acceptors (Lipinski definition) is 3. The molecule has 1 aromatic carbocycles. The number of aromatic nitrogens is 2. The molecular formula is C11H9ClN2O2. The highest BCUT2D eigenvalue weighted by atomic mass is 35.5. The minimum Gasteiger partial charge on any atom is -0.493 e. The molecule has 0 aliphatic carbocycles. The van der Waals surface area contributed by atoms with Gasteiger partial charge in [-0.05, 0) is 11.6 Å². The average molecular weight is 237 g/mol. The number of benzene rings is 1. The SMILES string of the molecule is O=c1cc(O)nc(Cc2ccccc2Cl)[nH]1. The van der Waals surface area contributed by atoms with E-state index >= 15 is 0 Å². The summed E-state index contributed by atoms with van der Waals surface area (Å²) in [6.07, 6.45) is 0.378. The summed E-state index contributed by atoms with van der Waals surface area (Å²) in [6, 6.07) is 8.30. The third-order valence-corrected chi connectivity index (χ3v) is 2.46. The Kier molecular flexibility index (Phi) is 2.92. The van der Waals surface area contributed by atoms with Crippen LogP contribution in [0, 0.1) is 0 Å². The molecule has 0 aliphatic rings. The number of aromatic hydroxyl groups is 1. The van der Waals surface area contributed by atoms with Crippen molar-refractivity contribution in [3.63, 3.8) is 0 Å². The molecule has 0 amide bonds. The predicted octanol–water partition coefficient (Wildman–Crippen LogP) is 1.72. The maximum Gasteiger partial charge on any atom is 0.254 e. The van der Waals surface area contributed by atoms with Crippen LogP contribution in [0.4, 0.5) is 0 Å². The number of halogens is 1. The summed E-state index contributed by atoms with van der Waals surface area (Å²) < 4.78 is 0. The molecule has 1 heterocycles. The first-order valence-electron chi connectivity index (χ1n) is 4.68. The number of nitrogens with zero attached hydrogens (tertiary/aromatic N) is 1. The summed E-state index contributed by atoms with van der Waals surface area (Å²) in [7, 11) is 0. The molecule has 0 spiro atoms. The summed E-state index contributed by atoms with van der Waals surface area (Å²) in [4.78, 5) is 17.4. The molecule has 2 aromatic rings. The molecule has 0 bridgehead atoms. The van der Waals surface area contributed by atoms with Gasteiger partial charge in [-0.2, -0.15) is 4.98 Å². The van der Waals surface area contributed by atoms with Gasteiger partial charge >= 0.3 is 0 Å². The third kappa shape index (κ3) is 2.41. The van der Waals surface area contributed by atoms with Crippen LogP contribution in [-0.4, -0.2) is 15.1 Å². The smallest absolute Gasteiger partial charge is 0.254 e. The third-order valence-electron chi connectivity index (χ3n) is 2.09. The Morgan fingerprint density at radius 1 is 1.38 bits per heavy atom. The zero-order valence-corrected chi connectivity index (χ0v) is 9.03. The highest BCUT2D eigenvalue weighted by molar-refractivity contribution is 6.31. The predicted molar refractivity (Wildman–Crippen MR) is 60.8 cm³/mol. The van der Waals surface area contributed by atoms with Crippen molar-refractivity contribution in [2.24, 2.45) is 0 Å². The van der Waals surface area contributed by atoms with Gasteiger partial charge in [-0.3, -0.25) is 4.79 Å². The fourth-order valence-corrected chi connectivity index (χ4v) is 1.60. The largest absolute Gasteiger partial charge is 0.493 e. The van der Waals surface area contributed by atoms with Crippen LogP contribution in [-0.2, 0) is 6.42 Å². The minimum atomic E-state index is -0.380. The first-order chi connectivity index (χ1) is 7.65. The second kappa shape index (κ2) is 4.37. The molecule has 82 valence electrons.